The van der Waals surface area contributed by atoms with Crippen molar-refractivity contribution in [3.8, 4) is 11.5 Å². The normalized spacial score (nSPS) is 18.0. The van der Waals surface area contributed by atoms with Crippen LogP contribution >= 0.6 is 0 Å². The number of amides is 4. The molecule has 10 heteroatoms. The third kappa shape index (κ3) is 5.40. The Bertz CT molecular complexity index is 862. The second-order valence-electron chi connectivity index (χ2n) is 8.09. The van der Waals surface area contributed by atoms with Crippen LogP contribution in [0.1, 0.15) is 27.2 Å². The Balaban J connectivity index is 1.51. The van der Waals surface area contributed by atoms with E-state index in [9.17, 15) is 19.2 Å². The molecule has 0 radical (unpaired) electrons. The van der Waals surface area contributed by atoms with Crippen LogP contribution in [0.5, 0.6) is 11.5 Å². The van der Waals surface area contributed by atoms with Gasteiger partial charge >= 0.3 is 12.0 Å². The molecule has 2 aliphatic heterocycles. The second kappa shape index (κ2) is 8.60. The molecule has 1 aromatic rings. The van der Waals surface area contributed by atoms with Gasteiger partial charge in [0, 0.05) is 30.3 Å². The van der Waals surface area contributed by atoms with E-state index in [-0.39, 0.29) is 18.9 Å². The number of urea groups is 1. The zero-order valence-corrected chi connectivity index (χ0v) is 17.1. The molecule has 30 heavy (non-hydrogen) atoms. The van der Waals surface area contributed by atoms with Crippen molar-refractivity contribution in [1.82, 2.24) is 10.6 Å². The van der Waals surface area contributed by atoms with E-state index in [4.69, 9.17) is 14.2 Å². The molecule has 162 valence electrons. The van der Waals surface area contributed by atoms with Gasteiger partial charge in [-0.05, 0) is 32.9 Å². The standard InChI is InChI=1S/C20H25N3O7/c1-20(2,3)22-19(27)21-16(24)11-30-18(26)12-8-17(25)23(10-12)13-4-5-14-15(9-13)29-7-6-28-14/h4-5,9,12H,6-8,10-11H2,1-3H3,(H2,21,22,24,27)/t12-/m0/s1. The molecule has 0 saturated carbocycles. The number of nitrogens with one attached hydrogen (secondary N) is 2. The van der Waals surface area contributed by atoms with Crippen molar-refractivity contribution in [3.05, 3.63) is 18.2 Å². The number of fused-ring (bicyclic) bond motifs is 1. The maximum Gasteiger partial charge on any atom is 0.321 e. The third-order valence-electron chi connectivity index (χ3n) is 4.38. The van der Waals surface area contributed by atoms with Gasteiger partial charge in [-0.25, -0.2) is 4.79 Å². The highest BCUT2D eigenvalue weighted by molar-refractivity contribution is 6.00. The van der Waals surface area contributed by atoms with Gasteiger partial charge in [-0.15, -0.1) is 0 Å². The Hall–Kier alpha value is -3.30. The summed E-state index contributed by atoms with van der Waals surface area (Å²) in [6.07, 6.45) is -0.0284. The minimum Gasteiger partial charge on any atom is -0.486 e. The monoisotopic (exact) mass is 419 g/mol. The SMILES string of the molecule is CC(C)(C)NC(=O)NC(=O)COC(=O)[C@H]1CC(=O)N(c2ccc3c(c2)OCCO3)C1. The summed E-state index contributed by atoms with van der Waals surface area (Å²) in [5.74, 6) is -1.21. The van der Waals surface area contributed by atoms with Crippen molar-refractivity contribution in [2.75, 3.05) is 31.3 Å². The lowest BCUT2D eigenvalue weighted by Gasteiger charge is -2.22. The maximum atomic E-state index is 12.4. The van der Waals surface area contributed by atoms with Gasteiger partial charge in [0.25, 0.3) is 5.91 Å². The first-order valence-corrected chi connectivity index (χ1v) is 9.61. The Kier molecular flexibility index (Phi) is 6.14. The number of carbonyl (C=O) groups is 4. The summed E-state index contributed by atoms with van der Waals surface area (Å²) < 4.78 is 16.0. The summed E-state index contributed by atoms with van der Waals surface area (Å²) in [5, 5.41) is 4.65. The number of hydrogen-bond acceptors (Lipinski definition) is 7. The number of imide groups is 1. The topological polar surface area (TPSA) is 123 Å². The number of nitrogens with zero attached hydrogens (tertiary/aromatic N) is 1. The lowest BCUT2D eigenvalue weighted by atomic mass is 10.1. The van der Waals surface area contributed by atoms with Gasteiger partial charge in [-0.2, -0.15) is 0 Å². The molecule has 1 atom stereocenters. The van der Waals surface area contributed by atoms with E-state index >= 15 is 0 Å². The van der Waals surface area contributed by atoms with Crippen molar-refractivity contribution in [3.63, 3.8) is 0 Å². The van der Waals surface area contributed by atoms with Gasteiger partial charge in [0.05, 0.1) is 5.92 Å². The number of anilines is 1. The molecule has 1 fully saturated rings. The highest BCUT2D eigenvalue weighted by atomic mass is 16.6. The first-order valence-electron chi connectivity index (χ1n) is 9.61. The number of ether oxygens (including phenoxy) is 3. The van der Waals surface area contributed by atoms with Crippen LogP contribution in [-0.4, -0.2) is 55.7 Å². The second-order valence-corrected chi connectivity index (χ2v) is 8.09. The van der Waals surface area contributed by atoms with Crippen LogP contribution in [0.4, 0.5) is 10.5 Å². The summed E-state index contributed by atoms with van der Waals surface area (Å²) in [5.41, 5.74) is 0.0823. The summed E-state index contributed by atoms with van der Waals surface area (Å²) in [7, 11) is 0. The van der Waals surface area contributed by atoms with Crippen molar-refractivity contribution in [2.24, 2.45) is 5.92 Å². The minimum absolute atomic E-state index is 0.0284. The van der Waals surface area contributed by atoms with E-state index in [0.29, 0.717) is 30.4 Å². The quantitative estimate of drug-likeness (QED) is 0.697. The van der Waals surface area contributed by atoms with Gasteiger partial charge in [-0.3, -0.25) is 19.7 Å². The van der Waals surface area contributed by atoms with Crippen molar-refractivity contribution in [1.29, 1.82) is 0 Å². The number of rotatable bonds is 4. The van der Waals surface area contributed by atoms with Gasteiger partial charge < -0.3 is 24.4 Å². The molecular formula is C20H25N3O7. The number of esters is 1. The predicted molar refractivity (Wildman–Crippen MR) is 105 cm³/mol. The third-order valence-corrected chi connectivity index (χ3v) is 4.38. The molecule has 0 aromatic heterocycles. The summed E-state index contributed by atoms with van der Waals surface area (Å²) in [4.78, 5) is 49.6. The number of hydrogen-bond donors (Lipinski definition) is 2. The molecule has 0 unspecified atom stereocenters. The Morgan fingerprint density at radius 2 is 1.87 bits per heavy atom. The fourth-order valence-electron chi connectivity index (χ4n) is 3.10. The predicted octanol–water partition coefficient (Wildman–Crippen LogP) is 0.978. The molecule has 0 aliphatic carbocycles. The Morgan fingerprint density at radius 3 is 2.57 bits per heavy atom. The maximum absolute atomic E-state index is 12.4. The molecule has 1 aromatic carbocycles. The van der Waals surface area contributed by atoms with Crippen LogP contribution in [0.3, 0.4) is 0 Å². The minimum atomic E-state index is -0.752. The van der Waals surface area contributed by atoms with Crippen molar-refractivity contribution in [2.45, 2.75) is 32.7 Å². The smallest absolute Gasteiger partial charge is 0.321 e. The number of benzene rings is 1. The molecule has 4 amide bonds. The van der Waals surface area contributed by atoms with E-state index in [2.05, 4.69) is 10.6 Å². The summed E-state index contributed by atoms with van der Waals surface area (Å²) in [6, 6.07) is 4.46. The summed E-state index contributed by atoms with van der Waals surface area (Å²) in [6.45, 7) is 5.71. The molecule has 0 bridgehead atoms. The highest BCUT2D eigenvalue weighted by Crippen LogP contribution is 2.36. The Labute approximate surface area is 173 Å². The lowest BCUT2D eigenvalue weighted by molar-refractivity contribution is -0.152. The fraction of sp³-hybridized carbons (Fsp3) is 0.500. The largest absolute Gasteiger partial charge is 0.486 e. The molecule has 0 spiro atoms. The van der Waals surface area contributed by atoms with Crippen molar-refractivity contribution < 1.29 is 33.4 Å². The zero-order valence-electron chi connectivity index (χ0n) is 17.1. The van der Waals surface area contributed by atoms with Gasteiger partial charge in [0.2, 0.25) is 5.91 Å². The molecular weight excluding hydrogens is 394 g/mol. The molecule has 2 N–H and O–H groups in total. The average Bonchev–Trinajstić information content (AvgIpc) is 3.06. The zero-order chi connectivity index (χ0) is 21.9. The van der Waals surface area contributed by atoms with E-state index in [1.54, 1.807) is 39.0 Å². The molecule has 3 rings (SSSR count). The molecule has 10 nitrogen and oxygen atoms in total. The van der Waals surface area contributed by atoms with Crippen LogP contribution in [0.2, 0.25) is 0 Å². The molecule has 2 aliphatic rings. The Morgan fingerprint density at radius 1 is 1.17 bits per heavy atom. The number of carbonyl (C=O) groups excluding carboxylic acids is 4. The lowest BCUT2D eigenvalue weighted by Crippen LogP contribution is -2.49. The van der Waals surface area contributed by atoms with Crippen LogP contribution in [-0.2, 0) is 19.1 Å². The van der Waals surface area contributed by atoms with E-state index in [0.717, 1.165) is 0 Å². The molecule has 2 heterocycles. The van der Waals surface area contributed by atoms with Gasteiger partial charge in [0.15, 0.2) is 18.1 Å². The first kappa shape index (κ1) is 21.4. The van der Waals surface area contributed by atoms with Crippen LogP contribution in [0.15, 0.2) is 18.2 Å². The van der Waals surface area contributed by atoms with E-state index in [1.807, 2.05) is 0 Å². The van der Waals surface area contributed by atoms with E-state index in [1.165, 1.54) is 4.90 Å². The van der Waals surface area contributed by atoms with E-state index < -0.39 is 36.0 Å². The fourth-order valence-corrected chi connectivity index (χ4v) is 3.10. The molecule has 1 saturated heterocycles. The summed E-state index contributed by atoms with van der Waals surface area (Å²) >= 11 is 0. The highest BCUT2D eigenvalue weighted by Gasteiger charge is 2.37. The van der Waals surface area contributed by atoms with Crippen LogP contribution in [0.25, 0.3) is 0 Å². The van der Waals surface area contributed by atoms with Gasteiger partial charge in [-0.1, -0.05) is 0 Å². The van der Waals surface area contributed by atoms with Crippen LogP contribution in [0, 0.1) is 5.92 Å². The first-order chi connectivity index (χ1) is 14.1. The average molecular weight is 419 g/mol. The van der Waals surface area contributed by atoms with Crippen LogP contribution < -0.4 is 25.0 Å². The van der Waals surface area contributed by atoms with Gasteiger partial charge in [0.1, 0.15) is 13.2 Å². The van der Waals surface area contributed by atoms with Crippen molar-refractivity contribution >= 4 is 29.5 Å².